The first kappa shape index (κ1) is 10.8. The molecule has 2 heterocycles. The van der Waals surface area contributed by atoms with Crippen LogP contribution in [0.5, 0.6) is 5.75 Å². The van der Waals surface area contributed by atoms with Crippen LogP contribution in [0, 0.1) is 0 Å². The number of aromatic amines is 1. The number of ether oxygens (including phenoxy) is 1. The molecule has 0 aliphatic rings. The Balaban J connectivity index is 1.98. The number of nitrogen functional groups attached to an aromatic ring is 1. The molecule has 0 saturated heterocycles. The second-order valence-corrected chi connectivity index (χ2v) is 4.25. The molecule has 0 unspecified atom stereocenters. The summed E-state index contributed by atoms with van der Waals surface area (Å²) in [5.74, 6) is 1.30. The van der Waals surface area contributed by atoms with E-state index >= 15 is 0 Å². The molecule has 3 N–H and O–H groups in total. The number of fused-ring (bicyclic) bond motifs is 1. The van der Waals surface area contributed by atoms with Crippen LogP contribution in [0.4, 0.5) is 5.88 Å². The van der Waals surface area contributed by atoms with Crippen LogP contribution in [0.15, 0.2) is 41.0 Å². The summed E-state index contributed by atoms with van der Waals surface area (Å²) >= 11 is 0. The van der Waals surface area contributed by atoms with Crippen LogP contribution < -0.4 is 10.5 Å². The molecule has 2 aromatic heterocycles. The van der Waals surface area contributed by atoms with Crippen LogP contribution in [-0.4, -0.2) is 12.1 Å². The molecular weight excluding hydrogens is 228 g/mol. The first-order valence-electron chi connectivity index (χ1n) is 5.74. The normalized spacial score (nSPS) is 10.9. The maximum Gasteiger partial charge on any atom is 0.190 e. The van der Waals surface area contributed by atoms with Crippen LogP contribution in [0.25, 0.3) is 10.9 Å². The maximum atomic E-state index is 5.56. The lowest BCUT2D eigenvalue weighted by Gasteiger charge is -1.99. The lowest BCUT2D eigenvalue weighted by molar-refractivity contribution is 0.419. The summed E-state index contributed by atoms with van der Waals surface area (Å²) in [5.41, 5.74) is 8.74. The third kappa shape index (κ3) is 1.82. The number of hydrogen-bond acceptors (Lipinski definition) is 3. The molecule has 92 valence electrons. The minimum absolute atomic E-state index is 0.443. The van der Waals surface area contributed by atoms with Crippen molar-refractivity contribution in [2.75, 3.05) is 12.8 Å². The van der Waals surface area contributed by atoms with Crippen molar-refractivity contribution in [3.05, 3.63) is 47.9 Å². The number of aromatic nitrogens is 1. The fourth-order valence-corrected chi connectivity index (χ4v) is 2.16. The van der Waals surface area contributed by atoms with Crippen molar-refractivity contribution in [2.24, 2.45) is 0 Å². The van der Waals surface area contributed by atoms with Crippen molar-refractivity contribution < 1.29 is 9.15 Å². The molecule has 3 aromatic rings. The van der Waals surface area contributed by atoms with E-state index in [-0.39, 0.29) is 0 Å². The van der Waals surface area contributed by atoms with Gasteiger partial charge in [-0.3, -0.25) is 0 Å². The highest BCUT2D eigenvalue weighted by molar-refractivity contribution is 5.86. The zero-order chi connectivity index (χ0) is 12.5. The molecule has 0 aliphatic heterocycles. The number of hydrogen-bond donors (Lipinski definition) is 2. The number of methoxy groups -OCH3 is 1. The summed E-state index contributed by atoms with van der Waals surface area (Å²) in [5, 5.41) is 1.14. The Labute approximate surface area is 104 Å². The van der Waals surface area contributed by atoms with Crippen LogP contribution in [0.3, 0.4) is 0 Å². The van der Waals surface area contributed by atoms with E-state index in [9.17, 15) is 0 Å². The second-order valence-electron chi connectivity index (χ2n) is 4.25. The van der Waals surface area contributed by atoms with Gasteiger partial charge in [-0.2, -0.15) is 0 Å². The van der Waals surface area contributed by atoms with Gasteiger partial charge < -0.3 is 19.9 Å². The smallest absolute Gasteiger partial charge is 0.190 e. The highest BCUT2D eigenvalue weighted by Gasteiger charge is 2.07. The zero-order valence-electron chi connectivity index (χ0n) is 10.1. The number of nitrogens with two attached hydrogens (primary N) is 1. The number of benzene rings is 1. The van der Waals surface area contributed by atoms with Gasteiger partial charge in [0, 0.05) is 23.6 Å². The van der Waals surface area contributed by atoms with E-state index in [1.54, 1.807) is 13.4 Å². The molecule has 0 radical (unpaired) electrons. The zero-order valence-corrected chi connectivity index (χ0v) is 10.1. The van der Waals surface area contributed by atoms with Crippen molar-refractivity contribution in [3.8, 4) is 5.75 Å². The predicted octanol–water partition coefficient (Wildman–Crippen LogP) is 2.94. The molecule has 0 bridgehead atoms. The van der Waals surface area contributed by atoms with E-state index in [1.807, 2.05) is 18.2 Å². The minimum atomic E-state index is 0.443. The molecule has 0 fully saturated rings. The minimum Gasteiger partial charge on any atom is -0.495 e. The van der Waals surface area contributed by atoms with Gasteiger partial charge in [-0.15, -0.1) is 0 Å². The Bertz CT molecular complexity index is 682. The summed E-state index contributed by atoms with van der Waals surface area (Å²) < 4.78 is 10.4. The van der Waals surface area contributed by atoms with Crippen LogP contribution >= 0.6 is 0 Å². The Morgan fingerprint density at radius 3 is 2.94 bits per heavy atom. The topological polar surface area (TPSA) is 64.2 Å². The van der Waals surface area contributed by atoms with Gasteiger partial charge >= 0.3 is 0 Å². The van der Waals surface area contributed by atoms with Crippen molar-refractivity contribution in [1.29, 1.82) is 0 Å². The van der Waals surface area contributed by atoms with E-state index in [1.165, 1.54) is 0 Å². The number of nitrogens with one attached hydrogen (secondary N) is 1. The molecular formula is C14H14N2O2. The predicted molar refractivity (Wildman–Crippen MR) is 70.8 cm³/mol. The molecule has 3 rings (SSSR count). The summed E-state index contributed by atoms with van der Waals surface area (Å²) in [7, 11) is 1.67. The number of rotatable bonds is 3. The second kappa shape index (κ2) is 4.14. The van der Waals surface area contributed by atoms with Gasteiger partial charge in [0.15, 0.2) is 5.88 Å². The van der Waals surface area contributed by atoms with Crippen LogP contribution in [0.2, 0.25) is 0 Å². The molecule has 1 aromatic carbocycles. The van der Waals surface area contributed by atoms with Gasteiger partial charge in [0.25, 0.3) is 0 Å². The maximum absolute atomic E-state index is 5.56. The van der Waals surface area contributed by atoms with Gasteiger partial charge in [0.1, 0.15) is 5.75 Å². The lowest BCUT2D eigenvalue weighted by Crippen LogP contribution is -1.86. The average molecular weight is 242 g/mol. The summed E-state index contributed by atoms with van der Waals surface area (Å²) in [6.07, 6.45) is 2.44. The van der Waals surface area contributed by atoms with Gasteiger partial charge in [-0.05, 0) is 17.7 Å². The molecule has 0 spiro atoms. The summed E-state index contributed by atoms with van der Waals surface area (Å²) in [4.78, 5) is 3.37. The van der Waals surface area contributed by atoms with Crippen LogP contribution in [0.1, 0.15) is 11.3 Å². The van der Waals surface area contributed by atoms with E-state index < -0.39 is 0 Å². The third-order valence-corrected chi connectivity index (χ3v) is 2.96. The average Bonchev–Trinajstić information content (AvgIpc) is 2.94. The fraction of sp³-hybridized carbons (Fsp3) is 0.143. The highest BCUT2D eigenvalue weighted by atomic mass is 16.5. The van der Waals surface area contributed by atoms with Gasteiger partial charge in [0.2, 0.25) is 0 Å². The number of H-pyrrole nitrogens is 1. The van der Waals surface area contributed by atoms with Gasteiger partial charge in [-0.25, -0.2) is 0 Å². The third-order valence-electron chi connectivity index (χ3n) is 2.96. The molecule has 4 nitrogen and oxygen atoms in total. The molecule has 18 heavy (non-hydrogen) atoms. The van der Waals surface area contributed by atoms with Crippen molar-refractivity contribution >= 4 is 16.8 Å². The van der Waals surface area contributed by atoms with Crippen molar-refractivity contribution in [3.63, 3.8) is 0 Å². The SMILES string of the molecule is COc1cccc2cc(Cc3coc(N)c3)[nH]c12. The van der Waals surface area contributed by atoms with Crippen molar-refractivity contribution in [2.45, 2.75) is 6.42 Å². The molecule has 0 aliphatic carbocycles. The Morgan fingerprint density at radius 1 is 1.33 bits per heavy atom. The Kier molecular flexibility index (Phi) is 2.48. The molecule has 0 saturated carbocycles. The summed E-state index contributed by atoms with van der Waals surface area (Å²) in [6.45, 7) is 0. The Morgan fingerprint density at radius 2 is 2.22 bits per heavy atom. The van der Waals surface area contributed by atoms with E-state index in [2.05, 4.69) is 17.1 Å². The quantitative estimate of drug-likeness (QED) is 0.742. The Hall–Kier alpha value is -2.36. The van der Waals surface area contributed by atoms with Crippen molar-refractivity contribution in [1.82, 2.24) is 4.98 Å². The monoisotopic (exact) mass is 242 g/mol. The van der Waals surface area contributed by atoms with E-state index in [0.29, 0.717) is 5.88 Å². The first-order valence-corrected chi connectivity index (χ1v) is 5.74. The van der Waals surface area contributed by atoms with Gasteiger partial charge in [-0.1, -0.05) is 12.1 Å². The van der Waals surface area contributed by atoms with E-state index in [0.717, 1.165) is 34.3 Å². The fourth-order valence-electron chi connectivity index (χ4n) is 2.16. The number of para-hydroxylation sites is 1. The highest BCUT2D eigenvalue weighted by Crippen LogP contribution is 2.26. The molecule has 0 atom stereocenters. The van der Waals surface area contributed by atoms with Crippen LogP contribution in [-0.2, 0) is 6.42 Å². The molecule has 0 amide bonds. The lowest BCUT2D eigenvalue weighted by atomic mass is 10.2. The standard InChI is InChI=1S/C14H14N2O2/c1-17-12-4-2-3-10-7-11(16-14(10)12)5-9-6-13(15)18-8-9/h2-4,6-8,16H,5,15H2,1H3. The largest absolute Gasteiger partial charge is 0.495 e. The number of furan rings is 1. The summed E-state index contributed by atoms with van der Waals surface area (Å²) in [6, 6.07) is 9.93. The first-order chi connectivity index (χ1) is 8.76. The molecule has 4 heteroatoms. The van der Waals surface area contributed by atoms with Gasteiger partial charge in [0.05, 0.1) is 18.9 Å². The van der Waals surface area contributed by atoms with E-state index in [4.69, 9.17) is 14.9 Å². The number of anilines is 1.